The van der Waals surface area contributed by atoms with Gasteiger partial charge in [0.1, 0.15) is 12.4 Å². The van der Waals surface area contributed by atoms with E-state index in [2.05, 4.69) is 31.4 Å². The van der Waals surface area contributed by atoms with Gasteiger partial charge < -0.3 is 15.5 Å². The smallest absolute Gasteiger partial charge is 0.313 e. The van der Waals surface area contributed by atoms with Crippen LogP contribution in [0.1, 0.15) is 45.9 Å². The van der Waals surface area contributed by atoms with Crippen molar-refractivity contribution in [2.45, 2.75) is 57.9 Å². The number of para-hydroxylation sites is 1. The predicted octanol–water partition coefficient (Wildman–Crippen LogP) is 6.08. The van der Waals surface area contributed by atoms with Gasteiger partial charge in [-0.25, -0.2) is 9.48 Å². The summed E-state index contributed by atoms with van der Waals surface area (Å²) in [6, 6.07) is 16.9. The van der Waals surface area contributed by atoms with Gasteiger partial charge in [-0.3, -0.25) is 4.79 Å². The molecule has 3 rings (SSSR count). The van der Waals surface area contributed by atoms with Crippen molar-refractivity contribution >= 4 is 35.2 Å². The largest absolute Gasteiger partial charge is 0.322 e. The second-order valence-corrected chi connectivity index (χ2v) is 10.7. The molecule has 3 aromatic rings. The number of hydrogen-bond donors (Lipinski definition) is 2. The number of nitrogens with one attached hydrogen (secondary N) is 2. The molecule has 0 atom stereocenters. The van der Waals surface area contributed by atoms with Crippen molar-refractivity contribution in [1.82, 2.24) is 14.7 Å². The molecule has 2 N–H and O–H groups in total. The molecule has 0 bridgehead atoms. The Labute approximate surface area is 212 Å². The van der Waals surface area contributed by atoms with Crippen LogP contribution in [-0.2, 0) is 10.2 Å². The van der Waals surface area contributed by atoms with Crippen LogP contribution < -0.4 is 10.6 Å². The van der Waals surface area contributed by atoms with Gasteiger partial charge in [0, 0.05) is 28.1 Å². The van der Waals surface area contributed by atoms with E-state index >= 15 is 0 Å². The van der Waals surface area contributed by atoms with E-state index in [9.17, 15) is 9.59 Å². The van der Waals surface area contributed by atoms with Crippen LogP contribution in [0, 0.1) is 6.92 Å². The summed E-state index contributed by atoms with van der Waals surface area (Å²) in [5, 5.41) is 10.7. The third-order valence-electron chi connectivity index (χ3n) is 5.63. The Morgan fingerprint density at radius 1 is 1.06 bits per heavy atom. The van der Waals surface area contributed by atoms with Gasteiger partial charge in [0.05, 0.1) is 11.4 Å². The van der Waals surface area contributed by atoms with Crippen molar-refractivity contribution in [1.29, 1.82) is 0 Å². The fourth-order valence-electron chi connectivity index (χ4n) is 3.52. The predicted molar refractivity (Wildman–Crippen MR) is 145 cm³/mol. The third-order valence-corrected chi connectivity index (χ3v) is 6.37. The monoisotopic (exact) mass is 493 g/mol. The molecule has 0 aliphatic carbocycles. The van der Waals surface area contributed by atoms with Crippen LogP contribution in [0.2, 0.25) is 0 Å². The van der Waals surface area contributed by atoms with Gasteiger partial charge in [0.2, 0.25) is 5.91 Å². The Morgan fingerprint density at radius 2 is 1.71 bits per heavy atom. The van der Waals surface area contributed by atoms with E-state index in [1.165, 1.54) is 4.90 Å². The van der Waals surface area contributed by atoms with Gasteiger partial charge in [-0.15, -0.1) is 11.8 Å². The van der Waals surface area contributed by atoms with E-state index in [1.807, 2.05) is 81.6 Å². The Balaban J connectivity index is 1.80. The van der Waals surface area contributed by atoms with Gasteiger partial charge in [-0.2, -0.15) is 5.10 Å². The molecule has 35 heavy (non-hydrogen) atoms. The van der Waals surface area contributed by atoms with Crippen molar-refractivity contribution in [3.63, 3.8) is 0 Å². The van der Waals surface area contributed by atoms with E-state index in [0.29, 0.717) is 11.5 Å². The molecule has 0 aliphatic rings. The minimum atomic E-state index is -0.324. The average molecular weight is 494 g/mol. The van der Waals surface area contributed by atoms with Crippen molar-refractivity contribution in [2.75, 3.05) is 23.4 Å². The van der Waals surface area contributed by atoms with Crippen LogP contribution in [0.3, 0.4) is 0 Å². The number of rotatable bonds is 7. The highest BCUT2D eigenvalue weighted by atomic mass is 32.2. The number of anilines is 2. The van der Waals surface area contributed by atoms with Gasteiger partial charge in [0.25, 0.3) is 0 Å². The lowest BCUT2D eigenvalue weighted by molar-refractivity contribution is -0.117. The number of benzene rings is 2. The van der Waals surface area contributed by atoms with Gasteiger partial charge in [-0.1, -0.05) is 39.0 Å². The van der Waals surface area contributed by atoms with E-state index in [0.717, 1.165) is 21.8 Å². The molecule has 7 nitrogen and oxygen atoms in total. The molecule has 8 heteroatoms. The van der Waals surface area contributed by atoms with E-state index < -0.39 is 0 Å². The summed E-state index contributed by atoms with van der Waals surface area (Å²) in [7, 11) is 0. The highest BCUT2D eigenvalue weighted by Crippen LogP contribution is 2.27. The normalized spacial score (nSPS) is 11.4. The van der Waals surface area contributed by atoms with Gasteiger partial charge >= 0.3 is 6.03 Å². The maximum absolute atomic E-state index is 13.1. The molecule has 0 aliphatic heterocycles. The maximum atomic E-state index is 13.1. The molecule has 2 aromatic carbocycles. The lowest BCUT2D eigenvalue weighted by atomic mass is 9.92. The number of nitrogens with zero attached hydrogens (tertiary/aromatic N) is 3. The summed E-state index contributed by atoms with van der Waals surface area (Å²) in [5.41, 5.74) is 3.30. The number of hydrogen-bond acceptors (Lipinski definition) is 4. The molecule has 0 unspecified atom stereocenters. The van der Waals surface area contributed by atoms with Crippen LogP contribution in [-0.4, -0.2) is 45.5 Å². The molecular weight excluding hydrogens is 458 g/mol. The lowest BCUT2D eigenvalue weighted by Crippen LogP contribution is -2.44. The SMILES string of the molecule is CSc1ccc(NC(=O)N(CC(=O)Nc2cc(C(C)(C)C)nn2-c2ccccc2C)C(C)C)cc1. The zero-order valence-electron chi connectivity index (χ0n) is 21.5. The second-order valence-electron chi connectivity index (χ2n) is 9.79. The van der Waals surface area contributed by atoms with E-state index in [-0.39, 0.29) is 29.9 Å². The fraction of sp³-hybridized carbons (Fsp3) is 0.370. The first-order valence-corrected chi connectivity index (χ1v) is 12.9. The molecule has 1 heterocycles. The molecular formula is C27H35N5O2S. The number of carbonyl (C=O) groups excluding carboxylic acids is 2. The second kappa shape index (κ2) is 11.0. The number of carbonyl (C=O) groups is 2. The molecule has 186 valence electrons. The zero-order chi connectivity index (χ0) is 25.8. The summed E-state index contributed by atoms with van der Waals surface area (Å²) >= 11 is 1.64. The highest BCUT2D eigenvalue weighted by Gasteiger charge is 2.24. The van der Waals surface area contributed by atoms with Gasteiger partial charge in [0.15, 0.2) is 0 Å². The standard InChI is InChI=1S/C27H35N5O2S/c1-18(2)31(26(34)28-20-12-14-21(35-7)15-13-20)17-25(33)29-24-16-23(27(4,5)6)30-32(24)22-11-9-8-10-19(22)3/h8-16,18H,17H2,1-7H3,(H,28,34)(H,29,33). The molecule has 0 fully saturated rings. The van der Waals surface area contributed by atoms with Crippen LogP contribution >= 0.6 is 11.8 Å². The molecule has 0 spiro atoms. The Morgan fingerprint density at radius 3 is 2.29 bits per heavy atom. The van der Waals surface area contributed by atoms with Crippen LogP contribution in [0.5, 0.6) is 0 Å². The summed E-state index contributed by atoms with van der Waals surface area (Å²) in [6.07, 6.45) is 2.00. The first-order chi connectivity index (χ1) is 16.5. The first-order valence-electron chi connectivity index (χ1n) is 11.7. The summed E-state index contributed by atoms with van der Waals surface area (Å²) in [6.45, 7) is 11.9. The first kappa shape index (κ1) is 26.3. The van der Waals surface area contributed by atoms with Crippen molar-refractivity contribution in [3.8, 4) is 5.69 Å². The summed E-state index contributed by atoms with van der Waals surface area (Å²) in [4.78, 5) is 28.7. The van der Waals surface area contributed by atoms with Gasteiger partial charge in [-0.05, 0) is 62.9 Å². The number of aromatic nitrogens is 2. The fourth-order valence-corrected chi connectivity index (χ4v) is 3.93. The van der Waals surface area contributed by atoms with Crippen molar-refractivity contribution in [2.24, 2.45) is 0 Å². The number of thioether (sulfide) groups is 1. The minimum Gasteiger partial charge on any atom is -0.313 e. The van der Waals surface area contributed by atoms with E-state index in [4.69, 9.17) is 5.10 Å². The Hall–Kier alpha value is -3.26. The van der Waals surface area contributed by atoms with Crippen molar-refractivity contribution in [3.05, 3.63) is 65.9 Å². The number of aryl methyl sites for hydroxylation is 1. The molecule has 3 amide bonds. The van der Waals surface area contributed by atoms with E-state index in [1.54, 1.807) is 16.4 Å². The van der Waals surface area contributed by atoms with Crippen LogP contribution in [0.4, 0.5) is 16.3 Å². The zero-order valence-corrected chi connectivity index (χ0v) is 22.4. The topological polar surface area (TPSA) is 79.3 Å². The average Bonchev–Trinajstić information content (AvgIpc) is 3.22. The van der Waals surface area contributed by atoms with Crippen molar-refractivity contribution < 1.29 is 9.59 Å². The molecule has 0 saturated heterocycles. The minimum absolute atomic E-state index is 0.0871. The molecule has 0 saturated carbocycles. The third kappa shape index (κ3) is 6.66. The lowest BCUT2D eigenvalue weighted by Gasteiger charge is -2.26. The Bertz CT molecular complexity index is 1180. The maximum Gasteiger partial charge on any atom is 0.322 e. The number of amides is 3. The summed E-state index contributed by atoms with van der Waals surface area (Å²) in [5.74, 6) is 0.285. The highest BCUT2D eigenvalue weighted by molar-refractivity contribution is 7.98. The quantitative estimate of drug-likeness (QED) is 0.391. The molecule has 1 aromatic heterocycles. The Kier molecular flexibility index (Phi) is 8.27. The van der Waals surface area contributed by atoms with Crippen LogP contribution in [0.25, 0.3) is 5.69 Å². The molecule has 0 radical (unpaired) electrons. The van der Waals surface area contributed by atoms with Crippen LogP contribution in [0.15, 0.2) is 59.5 Å². The summed E-state index contributed by atoms with van der Waals surface area (Å²) < 4.78 is 1.76. The number of urea groups is 1.